The Labute approximate surface area is 166 Å². The maximum atomic E-state index is 5.76. The number of hydrogen-bond donors (Lipinski definition) is 2. The first kappa shape index (κ1) is 21.2. The summed E-state index contributed by atoms with van der Waals surface area (Å²) < 4.78 is 10.8. The normalized spacial score (nSPS) is 11.4. The van der Waals surface area contributed by atoms with Crippen LogP contribution in [-0.2, 0) is 17.6 Å². The molecule has 148 valence electrons. The van der Waals surface area contributed by atoms with Crippen molar-refractivity contribution in [3.05, 3.63) is 40.3 Å². The van der Waals surface area contributed by atoms with Crippen LogP contribution in [-0.4, -0.2) is 44.4 Å². The van der Waals surface area contributed by atoms with E-state index in [4.69, 9.17) is 9.47 Å². The highest BCUT2D eigenvalue weighted by atomic mass is 32.1. The standard InChI is InChI=1S/C20H30N4O2S/c1-4-18-15-23-19(27-18)10-11-22-20(21-5-2)24-16-8-6-9-17(14-16)26-13-7-12-25-3/h6,8-9,14-15H,4-5,7,10-13H2,1-3H3,(H2,21,22,24). The van der Waals surface area contributed by atoms with Crippen LogP contribution in [0.25, 0.3) is 0 Å². The third kappa shape index (κ3) is 7.97. The fraction of sp³-hybridized carbons (Fsp3) is 0.500. The average Bonchev–Trinajstić information content (AvgIpc) is 3.14. The second-order valence-corrected chi connectivity index (χ2v) is 7.13. The van der Waals surface area contributed by atoms with E-state index in [1.165, 1.54) is 4.88 Å². The number of anilines is 1. The van der Waals surface area contributed by atoms with Crippen molar-refractivity contribution in [3.8, 4) is 5.75 Å². The van der Waals surface area contributed by atoms with E-state index in [2.05, 4.69) is 34.5 Å². The molecule has 0 aliphatic heterocycles. The topological polar surface area (TPSA) is 67.8 Å². The number of rotatable bonds is 11. The van der Waals surface area contributed by atoms with E-state index in [0.29, 0.717) is 19.8 Å². The van der Waals surface area contributed by atoms with Crippen LogP contribution in [0.2, 0.25) is 0 Å². The summed E-state index contributed by atoms with van der Waals surface area (Å²) in [4.78, 5) is 10.4. The van der Waals surface area contributed by atoms with Crippen LogP contribution < -0.4 is 15.4 Å². The number of thiazole rings is 1. The number of aryl methyl sites for hydroxylation is 1. The predicted octanol–water partition coefficient (Wildman–Crippen LogP) is 3.74. The Hall–Kier alpha value is -2.12. The summed E-state index contributed by atoms with van der Waals surface area (Å²) in [6, 6.07) is 7.91. The van der Waals surface area contributed by atoms with Crippen molar-refractivity contribution in [1.29, 1.82) is 0 Å². The molecule has 7 heteroatoms. The van der Waals surface area contributed by atoms with Crippen molar-refractivity contribution in [1.82, 2.24) is 10.3 Å². The number of nitrogens with one attached hydrogen (secondary N) is 2. The van der Waals surface area contributed by atoms with Gasteiger partial charge in [0.2, 0.25) is 0 Å². The Morgan fingerprint density at radius 3 is 2.89 bits per heavy atom. The molecule has 6 nitrogen and oxygen atoms in total. The van der Waals surface area contributed by atoms with Crippen molar-refractivity contribution in [2.75, 3.05) is 38.7 Å². The number of hydrogen-bond acceptors (Lipinski definition) is 5. The molecule has 0 aliphatic carbocycles. The molecule has 0 radical (unpaired) electrons. The van der Waals surface area contributed by atoms with Crippen LogP contribution in [0.3, 0.4) is 0 Å². The van der Waals surface area contributed by atoms with Crippen LogP contribution in [0.15, 0.2) is 35.5 Å². The van der Waals surface area contributed by atoms with Gasteiger partial charge in [0, 0.05) is 62.5 Å². The van der Waals surface area contributed by atoms with Crippen molar-refractivity contribution >= 4 is 23.0 Å². The average molecular weight is 391 g/mol. The lowest BCUT2D eigenvalue weighted by molar-refractivity contribution is 0.172. The lowest BCUT2D eigenvalue weighted by Crippen LogP contribution is -2.30. The zero-order valence-electron chi connectivity index (χ0n) is 16.5. The van der Waals surface area contributed by atoms with Crippen LogP contribution >= 0.6 is 11.3 Å². The number of aliphatic imine (C=N–C) groups is 1. The monoisotopic (exact) mass is 390 g/mol. The van der Waals surface area contributed by atoms with Gasteiger partial charge in [0.15, 0.2) is 5.96 Å². The SMILES string of the molecule is CCNC(=NCCc1ncc(CC)s1)Nc1cccc(OCCCOC)c1. The molecule has 2 N–H and O–H groups in total. The molecular formula is C20H30N4O2S. The van der Waals surface area contributed by atoms with Crippen molar-refractivity contribution in [2.24, 2.45) is 4.99 Å². The summed E-state index contributed by atoms with van der Waals surface area (Å²) in [7, 11) is 1.70. The fourth-order valence-electron chi connectivity index (χ4n) is 2.39. The van der Waals surface area contributed by atoms with E-state index in [1.807, 2.05) is 30.5 Å². The lowest BCUT2D eigenvalue weighted by Gasteiger charge is -2.12. The Balaban J connectivity index is 1.89. The first-order valence-electron chi connectivity index (χ1n) is 9.45. The van der Waals surface area contributed by atoms with Crippen LogP contribution in [0.1, 0.15) is 30.2 Å². The van der Waals surface area contributed by atoms with Gasteiger partial charge in [-0.1, -0.05) is 13.0 Å². The molecule has 1 aromatic carbocycles. The molecule has 1 heterocycles. The molecule has 0 fully saturated rings. The van der Waals surface area contributed by atoms with E-state index < -0.39 is 0 Å². The fourth-order valence-corrected chi connectivity index (χ4v) is 3.24. The molecule has 0 aliphatic rings. The van der Waals surface area contributed by atoms with E-state index in [1.54, 1.807) is 18.4 Å². The van der Waals surface area contributed by atoms with Crippen LogP contribution in [0.5, 0.6) is 5.75 Å². The highest BCUT2D eigenvalue weighted by molar-refractivity contribution is 7.11. The Morgan fingerprint density at radius 2 is 2.15 bits per heavy atom. The van der Waals surface area contributed by atoms with Gasteiger partial charge in [0.05, 0.1) is 11.6 Å². The summed E-state index contributed by atoms with van der Waals surface area (Å²) in [6.07, 6.45) is 4.72. The first-order chi connectivity index (χ1) is 13.2. The molecular weight excluding hydrogens is 360 g/mol. The quantitative estimate of drug-likeness (QED) is 0.348. The number of ether oxygens (including phenoxy) is 2. The summed E-state index contributed by atoms with van der Waals surface area (Å²) in [5.74, 6) is 1.60. The minimum atomic E-state index is 0.638. The van der Waals surface area contributed by atoms with Gasteiger partial charge in [-0.25, -0.2) is 4.98 Å². The van der Waals surface area contributed by atoms with Gasteiger partial charge in [-0.05, 0) is 25.5 Å². The van der Waals surface area contributed by atoms with E-state index in [0.717, 1.165) is 48.2 Å². The van der Waals surface area contributed by atoms with Gasteiger partial charge in [0.25, 0.3) is 0 Å². The molecule has 0 saturated carbocycles. The second-order valence-electron chi connectivity index (χ2n) is 5.93. The van der Waals surface area contributed by atoms with Crippen molar-refractivity contribution in [3.63, 3.8) is 0 Å². The third-order valence-corrected chi connectivity index (χ3v) is 4.95. The highest BCUT2D eigenvalue weighted by Gasteiger charge is 2.03. The number of methoxy groups -OCH3 is 1. The smallest absolute Gasteiger partial charge is 0.195 e. The predicted molar refractivity (Wildman–Crippen MR) is 113 cm³/mol. The molecule has 0 saturated heterocycles. The molecule has 27 heavy (non-hydrogen) atoms. The van der Waals surface area contributed by atoms with Gasteiger partial charge < -0.3 is 20.1 Å². The lowest BCUT2D eigenvalue weighted by atomic mass is 10.3. The zero-order chi connectivity index (χ0) is 19.3. The Bertz CT molecular complexity index is 703. The molecule has 0 amide bonds. The summed E-state index contributed by atoms with van der Waals surface area (Å²) in [5.41, 5.74) is 0.946. The number of guanidine groups is 1. The van der Waals surface area contributed by atoms with Gasteiger partial charge in [0.1, 0.15) is 5.75 Å². The Kier molecular flexibility index (Phi) is 9.65. The third-order valence-electron chi connectivity index (χ3n) is 3.75. The van der Waals surface area contributed by atoms with E-state index in [-0.39, 0.29) is 0 Å². The van der Waals surface area contributed by atoms with Gasteiger partial charge in [-0.2, -0.15) is 0 Å². The maximum absolute atomic E-state index is 5.76. The molecule has 2 aromatic rings. The van der Waals surface area contributed by atoms with Gasteiger partial charge in [-0.3, -0.25) is 4.99 Å². The summed E-state index contributed by atoms with van der Waals surface area (Å²) in [5, 5.41) is 7.76. The first-order valence-corrected chi connectivity index (χ1v) is 10.3. The molecule has 0 atom stereocenters. The van der Waals surface area contributed by atoms with Crippen LogP contribution in [0, 0.1) is 0 Å². The molecule has 2 rings (SSSR count). The molecule has 0 spiro atoms. The number of benzene rings is 1. The minimum Gasteiger partial charge on any atom is -0.493 e. The Morgan fingerprint density at radius 1 is 1.26 bits per heavy atom. The van der Waals surface area contributed by atoms with Crippen LogP contribution in [0.4, 0.5) is 5.69 Å². The largest absolute Gasteiger partial charge is 0.493 e. The molecule has 0 bridgehead atoms. The second kappa shape index (κ2) is 12.3. The molecule has 0 unspecified atom stereocenters. The maximum Gasteiger partial charge on any atom is 0.195 e. The summed E-state index contributed by atoms with van der Waals surface area (Å²) in [6.45, 7) is 7.04. The van der Waals surface area contributed by atoms with Crippen molar-refractivity contribution in [2.45, 2.75) is 33.1 Å². The van der Waals surface area contributed by atoms with Gasteiger partial charge >= 0.3 is 0 Å². The molecule has 1 aromatic heterocycles. The van der Waals surface area contributed by atoms with Crippen molar-refractivity contribution < 1.29 is 9.47 Å². The minimum absolute atomic E-state index is 0.638. The zero-order valence-corrected chi connectivity index (χ0v) is 17.3. The number of nitrogens with zero attached hydrogens (tertiary/aromatic N) is 2. The van der Waals surface area contributed by atoms with Gasteiger partial charge in [-0.15, -0.1) is 11.3 Å². The van der Waals surface area contributed by atoms with E-state index >= 15 is 0 Å². The number of aromatic nitrogens is 1. The van der Waals surface area contributed by atoms with E-state index in [9.17, 15) is 0 Å². The summed E-state index contributed by atoms with van der Waals surface area (Å²) >= 11 is 1.77. The highest BCUT2D eigenvalue weighted by Crippen LogP contribution is 2.18.